The molecule has 6 nitrogen and oxygen atoms in total. The fourth-order valence-electron chi connectivity index (χ4n) is 4.72. The number of hydrogen-bond donors (Lipinski definition) is 1. The van der Waals surface area contributed by atoms with E-state index in [4.69, 9.17) is 4.74 Å². The molecule has 0 unspecified atom stereocenters. The Bertz CT molecular complexity index is 1200. The first-order valence-electron chi connectivity index (χ1n) is 11.6. The second-order valence-electron chi connectivity index (χ2n) is 8.40. The van der Waals surface area contributed by atoms with Crippen LogP contribution in [0, 0.1) is 0 Å². The van der Waals surface area contributed by atoms with Crippen molar-refractivity contribution in [3.8, 4) is 0 Å². The van der Waals surface area contributed by atoms with Gasteiger partial charge in [-0.25, -0.2) is 14.8 Å². The molecule has 2 aliphatic carbocycles. The molecule has 1 N–H and O–H groups in total. The third-order valence-corrected chi connectivity index (χ3v) is 9.61. The van der Waals surface area contributed by atoms with Crippen LogP contribution in [0.15, 0.2) is 11.4 Å². The molecule has 0 aromatic carbocycles. The van der Waals surface area contributed by atoms with Crippen LogP contribution in [0.1, 0.15) is 70.3 Å². The van der Waals surface area contributed by atoms with Gasteiger partial charge in [0.05, 0.1) is 17.9 Å². The minimum Gasteiger partial charge on any atom is -0.462 e. The van der Waals surface area contributed by atoms with E-state index < -0.39 is 0 Å². The maximum Gasteiger partial charge on any atom is 0.341 e. The Labute approximate surface area is 205 Å². The molecule has 3 aromatic heterocycles. The van der Waals surface area contributed by atoms with Gasteiger partial charge >= 0.3 is 5.97 Å². The second kappa shape index (κ2) is 10.1. The minimum absolute atomic E-state index is 0.127. The summed E-state index contributed by atoms with van der Waals surface area (Å²) in [5, 5.41) is 5.66. The Balaban J connectivity index is 1.35. The molecule has 0 spiro atoms. The zero-order valence-electron chi connectivity index (χ0n) is 18.7. The molecule has 174 valence electrons. The molecular weight excluding hydrogens is 474 g/mol. The fourth-order valence-corrected chi connectivity index (χ4v) is 8.13. The molecule has 9 heteroatoms. The van der Waals surface area contributed by atoms with E-state index in [0.29, 0.717) is 17.2 Å². The monoisotopic (exact) mass is 501 g/mol. The lowest BCUT2D eigenvalue weighted by Crippen LogP contribution is -2.17. The number of thioether (sulfide) groups is 1. The predicted molar refractivity (Wildman–Crippen MR) is 135 cm³/mol. The number of fused-ring (bicyclic) bond motifs is 4. The van der Waals surface area contributed by atoms with Gasteiger partial charge in [0.2, 0.25) is 5.91 Å². The summed E-state index contributed by atoms with van der Waals surface area (Å²) in [5.74, 6) is -0.221. The highest BCUT2D eigenvalue weighted by atomic mass is 32.2. The first-order chi connectivity index (χ1) is 16.2. The first kappa shape index (κ1) is 22.8. The van der Waals surface area contributed by atoms with Crippen molar-refractivity contribution < 1.29 is 14.3 Å². The van der Waals surface area contributed by atoms with Crippen molar-refractivity contribution in [1.82, 2.24) is 9.97 Å². The van der Waals surface area contributed by atoms with Crippen LogP contribution in [-0.4, -0.2) is 34.2 Å². The van der Waals surface area contributed by atoms with Gasteiger partial charge in [-0.3, -0.25) is 4.79 Å². The van der Waals surface area contributed by atoms with Crippen LogP contribution in [0.25, 0.3) is 10.2 Å². The van der Waals surface area contributed by atoms with E-state index >= 15 is 0 Å². The number of anilines is 1. The number of amides is 1. The summed E-state index contributed by atoms with van der Waals surface area (Å²) in [6.07, 6.45) is 11.4. The maximum atomic E-state index is 12.9. The van der Waals surface area contributed by atoms with Crippen LogP contribution < -0.4 is 5.32 Å². The Morgan fingerprint density at radius 3 is 2.58 bits per heavy atom. The highest BCUT2D eigenvalue weighted by molar-refractivity contribution is 8.00. The average Bonchev–Trinajstić information content (AvgIpc) is 3.27. The number of hydrogen-bond acceptors (Lipinski definition) is 8. The Morgan fingerprint density at radius 2 is 1.73 bits per heavy atom. The molecule has 33 heavy (non-hydrogen) atoms. The lowest BCUT2D eigenvalue weighted by atomic mass is 9.97. The van der Waals surface area contributed by atoms with Crippen molar-refractivity contribution in [2.24, 2.45) is 0 Å². The molecule has 5 rings (SSSR count). The van der Waals surface area contributed by atoms with Crippen LogP contribution in [0.5, 0.6) is 0 Å². The number of carbonyl (C=O) groups excluding carboxylic acids is 2. The summed E-state index contributed by atoms with van der Waals surface area (Å²) in [7, 11) is 0. The summed E-state index contributed by atoms with van der Waals surface area (Å²) in [5.41, 5.74) is 3.01. The highest BCUT2D eigenvalue weighted by Crippen LogP contribution is 2.40. The molecule has 3 aromatic rings. The summed E-state index contributed by atoms with van der Waals surface area (Å²) < 4.78 is 5.33. The number of rotatable bonds is 6. The van der Waals surface area contributed by atoms with Gasteiger partial charge < -0.3 is 10.1 Å². The zero-order valence-corrected chi connectivity index (χ0v) is 21.1. The van der Waals surface area contributed by atoms with Gasteiger partial charge in [-0.2, -0.15) is 0 Å². The van der Waals surface area contributed by atoms with E-state index in [1.807, 2.05) is 6.92 Å². The average molecular weight is 502 g/mol. The van der Waals surface area contributed by atoms with Gasteiger partial charge in [-0.1, -0.05) is 18.2 Å². The SMILES string of the molecule is CCOC(=O)c1c(NC(=O)CSc2ncnc3sc4c(c23)CCCC4)sc2c1CCCCC2. The molecule has 1 amide bonds. The van der Waals surface area contributed by atoms with Gasteiger partial charge in [0.15, 0.2) is 0 Å². The summed E-state index contributed by atoms with van der Waals surface area (Å²) in [4.78, 5) is 38.3. The first-order valence-corrected chi connectivity index (χ1v) is 14.3. The quantitative estimate of drug-likeness (QED) is 0.199. The topological polar surface area (TPSA) is 81.2 Å². The number of carbonyl (C=O) groups is 2. The van der Waals surface area contributed by atoms with Crippen LogP contribution >= 0.6 is 34.4 Å². The molecule has 0 fully saturated rings. The molecule has 2 aliphatic rings. The number of ether oxygens (including phenoxy) is 1. The molecule has 0 aliphatic heterocycles. The van der Waals surface area contributed by atoms with E-state index in [0.717, 1.165) is 59.3 Å². The van der Waals surface area contributed by atoms with E-state index in [1.165, 1.54) is 57.7 Å². The van der Waals surface area contributed by atoms with Crippen LogP contribution in [0.2, 0.25) is 0 Å². The Kier molecular flexibility index (Phi) is 6.99. The minimum atomic E-state index is -0.331. The number of aromatic nitrogens is 2. The third-order valence-electron chi connectivity index (χ3n) is 6.21. The normalized spacial score (nSPS) is 15.5. The standard InChI is InChI=1S/C24H27N3O3S3/c1-2-30-24(29)20-15-8-4-3-5-10-17(15)33-23(20)27-18(28)12-31-21-19-14-9-6-7-11-16(14)32-22(19)26-13-25-21/h13H,2-12H2,1H3,(H,27,28). The van der Waals surface area contributed by atoms with Crippen molar-refractivity contribution >= 4 is 61.5 Å². The van der Waals surface area contributed by atoms with E-state index in [9.17, 15) is 9.59 Å². The van der Waals surface area contributed by atoms with Crippen LogP contribution in [0.4, 0.5) is 5.00 Å². The molecule has 0 saturated heterocycles. The number of nitrogens with zero attached hydrogens (tertiary/aromatic N) is 2. The Morgan fingerprint density at radius 1 is 1.00 bits per heavy atom. The van der Waals surface area contributed by atoms with Crippen molar-refractivity contribution in [3.05, 3.63) is 32.8 Å². The molecule has 0 saturated carbocycles. The fraction of sp³-hybridized carbons (Fsp3) is 0.500. The Hall–Kier alpha value is -1.97. The van der Waals surface area contributed by atoms with Crippen LogP contribution in [0.3, 0.4) is 0 Å². The molecule has 3 heterocycles. The summed E-state index contributed by atoms with van der Waals surface area (Å²) >= 11 is 4.75. The van der Waals surface area contributed by atoms with Crippen LogP contribution in [-0.2, 0) is 35.2 Å². The van der Waals surface area contributed by atoms with Gasteiger partial charge in [0, 0.05) is 15.1 Å². The van der Waals surface area contributed by atoms with Gasteiger partial charge in [-0.05, 0) is 69.4 Å². The summed E-state index contributed by atoms with van der Waals surface area (Å²) in [6, 6.07) is 0. The second-order valence-corrected chi connectivity index (χ2v) is 11.5. The van der Waals surface area contributed by atoms with Crippen molar-refractivity contribution in [3.63, 3.8) is 0 Å². The van der Waals surface area contributed by atoms with Gasteiger partial charge in [0.25, 0.3) is 0 Å². The molecule has 0 bridgehead atoms. The third kappa shape index (κ3) is 4.68. The number of aryl methyl sites for hydroxylation is 3. The van der Waals surface area contributed by atoms with Crippen molar-refractivity contribution in [2.75, 3.05) is 17.7 Å². The molecule has 0 radical (unpaired) electrons. The number of nitrogens with one attached hydrogen (secondary N) is 1. The molecule has 0 atom stereocenters. The van der Waals surface area contributed by atoms with E-state index in [1.54, 1.807) is 17.7 Å². The number of thiophene rings is 2. The summed E-state index contributed by atoms with van der Waals surface area (Å²) in [6.45, 7) is 2.13. The van der Waals surface area contributed by atoms with Gasteiger partial charge in [0.1, 0.15) is 21.2 Å². The molecular formula is C24H27N3O3S3. The number of esters is 1. The predicted octanol–water partition coefficient (Wildman–Crippen LogP) is 5.81. The van der Waals surface area contributed by atoms with E-state index in [-0.39, 0.29) is 17.6 Å². The largest absolute Gasteiger partial charge is 0.462 e. The lowest BCUT2D eigenvalue weighted by molar-refractivity contribution is -0.113. The lowest BCUT2D eigenvalue weighted by Gasteiger charge is -2.11. The van der Waals surface area contributed by atoms with Gasteiger partial charge in [-0.15, -0.1) is 22.7 Å². The highest BCUT2D eigenvalue weighted by Gasteiger charge is 2.27. The van der Waals surface area contributed by atoms with Crippen molar-refractivity contribution in [1.29, 1.82) is 0 Å². The van der Waals surface area contributed by atoms with Crippen molar-refractivity contribution in [2.45, 2.75) is 69.7 Å². The zero-order chi connectivity index (χ0) is 22.8. The van der Waals surface area contributed by atoms with E-state index in [2.05, 4.69) is 15.3 Å². The maximum absolute atomic E-state index is 12.9. The smallest absolute Gasteiger partial charge is 0.341 e.